The normalized spacial score (nSPS) is 15.3. The quantitative estimate of drug-likeness (QED) is 0.778. The summed E-state index contributed by atoms with van der Waals surface area (Å²) in [5.41, 5.74) is 6.05. The van der Waals surface area contributed by atoms with Gasteiger partial charge < -0.3 is 10.3 Å². The molecule has 0 saturated heterocycles. The molecule has 0 saturated carbocycles. The van der Waals surface area contributed by atoms with Crippen molar-refractivity contribution >= 4 is 11.8 Å². The van der Waals surface area contributed by atoms with E-state index >= 15 is 0 Å². The van der Waals surface area contributed by atoms with Crippen LogP contribution in [0.2, 0.25) is 0 Å². The molecule has 4 nitrogen and oxygen atoms in total. The molecule has 0 aliphatic heterocycles. The highest BCUT2D eigenvalue weighted by Crippen LogP contribution is 2.18. The minimum absolute atomic E-state index is 0.233. The molecule has 2 unspecified atom stereocenters. The molecule has 1 heterocycles. The Bertz CT molecular complexity index is 310. The summed E-state index contributed by atoms with van der Waals surface area (Å²) in [5.74, 6) is 2.41. The summed E-state index contributed by atoms with van der Waals surface area (Å²) in [6.07, 6.45) is 1.12. The molecular formula is C10H20N4S. The number of nitrogens with zero attached hydrogens (tertiary/aromatic N) is 3. The lowest BCUT2D eigenvalue weighted by atomic mass is 10.0. The number of aromatic nitrogens is 3. The van der Waals surface area contributed by atoms with Crippen LogP contribution in [0, 0.1) is 12.8 Å². The van der Waals surface area contributed by atoms with E-state index in [0.717, 1.165) is 23.2 Å². The van der Waals surface area contributed by atoms with Crippen LogP contribution in [0.4, 0.5) is 0 Å². The SMILES string of the molecule is CCC(C)C(N)CSc1nnc(C)n1C. The summed E-state index contributed by atoms with van der Waals surface area (Å²) in [6.45, 7) is 6.31. The van der Waals surface area contributed by atoms with E-state index < -0.39 is 0 Å². The number of hydrogen-bond acceptors (Lipinski definition) is 4. The van der Waals surface area contributed by atoms with Crippen molar-refractivity contribution in [2.24, 2.45) is 18.7 Å². The van der Waals surface area contributed by atoms with E-state index in [1.54, 1.807) is 11.8 Å². The fourth-order valence-electron chi connectivity index (χ4n) is 1.15. The molecule has 1 rings (SSSR count). The topological polar surface area (TPSA) is 56.7 Å². The van der Waals surface area contributed by atoms with Gasteiger partial charge in [0.15, 0.2) is 5.16 Å². The van der Waals surface area contributed by atoms with Crippen LogP contribution in [-0.4, -0.2) is 26.6 Å². The number of aryl methyl sites for hydroxylation is 1. The van der Waals surface area contributed by atoms with E-state index in [1.807, 2.05) is 18.5 Å². The second kappa shape index (κ2) is 5.51. The molecule has 0 bridgehead atoms. The van der Waals surface area contributed by atoms with Crippen molar-refractivity contribution in [2.45, 2.75) is 38.4 Å². The van der Waals surface area contributed by atoms with Crippen molar-refractivity contribution in [3.63, 3.8) is 0 Å². The summed E-state index contributed by atoms with van der Waals surface area (Å²) in [6, 6.07) is 0.233. The molecule has 0 aliphatic rings. The maximum absolute atomic E-state index is 6.05. The lowest BCUT2D eigenvalue weighted by molar-refractivity contribution is 0.475. The smallest absolute Gasteiger partial charge is 0.190 e. The van der Waals surface area contributed by atoms with Crippen molar-refractivity contribution in [3.05, 3.63) is 5.82 Å². The van der Waals surface area contributed by atoms with Crippen LogP contribution >= 0.6 is 11.8 Å². The molecule has 1 aromatic rings. The molecule has 0 amide bonds. The Labute approximate surface area is 95.6 Å². The fraction of sp³-hybridized carbons (Fsp3) is 0.800. The van der Waals surface area contributed by atoms with Crippen molar-refractivity contribution in [1.29, 1.82) is 0 Å². The van der Waals surface area contributed by atoms with Gasteiger partial charge in [-0.05, 0) is 12.8 Å². The average molecular weight is 228 g/mol. The van der Waals surface area contributed by atoms with Crippen LogP contribution in [0.5, 0.6) is 0 Å². The Balaban J connectivity index is 2.47. The summed E-state index contributed by atoms with van der Waals surface area (Å²) in [5, 5.41) is 9.05. The average Bonchev–Trinajstić information content (AvgIpc) is 2.55. The van der Waals surface area contributed by atoms with E-state index in [0.29, 0.717) is 5.92 Å². The van der Waals surface area contributed by atoms with Gasteiger partial charge in [-0.15, -0.1) is 10.2 Å². The third kappa shape index (κ3) is 3.21. The van der Waals surface area contributed by atoms with Crippen LogP contribution < -0.4 is 5.73 Å². The van der Waals surface area contributed by atoms with Crippen molar-refractivity contribution in [1.82, 2.24) is 14.8 Å². The summed E-state index contributed by atoms with van der Waals surface area (Å²) >= 11 is 1.68. The predicted molar refractivity (Wildman–Crippen MR) is 63.9 cm³/mol. The Morgan fingerprint density at radius 2 is 2.13 bits per heavy atom. The largest absolute Gasteiger partial charge is 0.327 e. The van der Waals surface area contributed by atoms with Gasteiger partial charge in [-0.2, -0.15) is 0 Å². The molecule has 0 radical (unpaired) electrons. The third-order valence-electron chi connectivity index (χ3n) is 2.83. The second-order valence-corrected chi connectivity index (χ2v) is 4.94. The first kappa shape index (κ1) is 12.5. The molecule has 0 aromatic carbocycles. The zero-order valence-electron chi connectivity index (χ0n) is 9.90. The second-order valence-electron chi connectivity index (χ2n) is 3.95. The maximum Gasteiger partial charge on any atom is 0.190 e. The van der Waals surface area contributed by atoms with Gasteiger partial charge in [0.05, 0.1) is 0 Å². The fourth-order valence-corrected chi connectivity index (χ4v) is 2.25. The number of hydrogen-bond donors (Lipinski definition) is 1. The van der Waals surface area contributed by atoms with Crippen LogP contribution in [0.1, 0.15) is 26.1 Å². The number of thioether (sulfide) groups is 1. The van der Waals surface area contributed by atoms with Gasteiger partial charge in [-0.3, -0.25) is 0 Å². The molecule has 1 aromatic heterocycles. The molecule has 0 fully saturated rings. The standard InChI is InChI=1S/C10H20N4S/c1-5-7(2)9(11)6-15-10-13-12-8(3)14(10)4/h7,9H,5-6,11H2,1-4H3. The van der Waals surface area contributed by atoms with Gasteiger partial charge in [-0.25, -0.2) is 0 Å². The molecule has 86 valence electrons. The van der Waals surface area contributed by atoms with Gasteiger partial charge in [0.1, 0.15) is 5.82 Å². The van der Waals surface area contributed by atoms with Crippen LogP contribution in [0.25, 0.3) is 0 Å². The Morgan fingerprint density at radius 1 is 1.47 bits per heavy atom. The Hall–Kier alpha value is -0.550. The first-order valence-corrected chi connectivity index (χ1v) is 6.29. The van der Waals surface area contributed by atoms with E-state index in [1.165, 1.54) is 0 Å². The predicted octanol–water partition coefficient (Wildman–Crippen LogP) is 1.59. The Kier molecular flexibility index (Phi) is 4.60. The van der Waals surface area contributed by atoms with Gasteiger partial charge in [0, 0.05) is 18.8 Å². The van der Waals surface area contributed by atoms with Gasteiger partial charge in [0.25, 0.3) is 0 Å². The molecule has 2 atom stereocenters. The number of nitrogens with two attached hydrogens (primary N) is 1. The van der Waals surface area contributed by atoms with Crippen molar-refractivity contribution in [3.8, 4) is 0 Å². The molecule has 0 spiro atoms. The highest BCUT2D eigenvalue weighted by molar-refractivity contribution is 7.99. The zero-order chi connectivity index (χ0) is 11.4. The number of rotatable bonds is 5. The Morgan fingerprint density at radius 3 is 2.60 bits per heavy atom. The van der Waals surface area contributed by atoms with Crippen LogP contribution in [0.15, 0.2) is 5.16 Å². The summed E-state index contributed by atoms with van der Waals surface area (Å²) < 4.78 is 1.99. The first-order valence-electron chi connectivity index (χ1n) is 5.30. The molecular weight excluding hydrogens is 208 g/mol. The van der Waals surface area contributed by atoms with E-state index in [2.05, 4.69) is 24.0 Å². The monoisotopic (exact) mass is 228 g/mol. The zero-order valence-corrected chi connectivity index (χ0v) is 10.7. The summed E-state index contributed by atoms with van der Waals surface area (Å²) in [7, 11) is 1.98. The summed E-state index contributed by atoms with van der Waals surface area (Å²) in [4.78, 5) is 0. The van der Waals surface area contributed by atoms with E-state index in [-0.39, 0.29) is 6.04 Å². The first-order chi connectivity index (χ1) is 7.06. The van der Waals surface area contributed by atoms with E-state index in [9.17, 15) is 0 Å². The van der Waals surface area contributed by atoms with Crippen LogP contribution in [-0.2, 0) is 7.05 Å². The molecule has 2 N–H and O–H groups in total. The molecule has 5 heteroatoms. The van der Waals surface area contributed by atoms with Crippen LogP contribution in [0.3, 0.4) is 0 Å². The lowest BCUT2D eigenvalue weighted by Crippen LogP contribution is -2.30. The van der Waals surface area contributed by atoms with E-state index in [4.69, 9.17) is 5.73 Å². The minimum atomic E-state index is 0.233. The molecule has 0 aliphatic carbocycles. The highest BCUT2D eigenvalue weighted by atomic mass is 32.2. The van der Waals surface area contributed by atoms with Gasteiger partial charge >= 0.3 is 0 Å². The van der Waals surface area contributed by atoms with Crippen molar-refractivity contribution in [2.75, 3.05) is 5.75 Å². The van der Waals surface area contributed by atoms with Crippen molar-refractivity contribution < 1.29 is 0 Å². The minimum Gasteiger partial charge on any atom is -0.327 e. The molecule has 15 heavy (non-hydrogen) atoms. The lowest BCUT2D eigenvalue weighted by Gasteiger charge is -2.17. The van der Waals surface area contributed by atoms with Gasteiger partial charge in [-0.1, -0.05) is 32.0 Å². The highest BCUT2D eigenvalue weighted by Gasteiger charge is 2.13. The maximum atomic E-state index is 6.05. The third-order valence-corrected chi connectivity index (χ3v) is 4.00. The van der Waals surface area contributed by atoms with Gasteiger partial charge in [0.2, 0.25) is 0 Å².